The van der Waals surface area contributed by atoms with Crippen LogP contribution in [0.2, 0.25) is 0 Å². The minimum atomic E-state index is -1.02. The molecule has 160 valence electrons. The Morgan fingerprint density at radius 1 is 1.06 bits per heavy atom. The van der Waals surface area contributed by atoms with Crippen LogP contribution in [0.1, 0.15) is 34.1 Å². The summed E-state index contributed by atoms with van der Waals surface area (Å²) in [6.07, 6.45) is 1.33. The predicted octanol–water partition coefficient (Wildman–Crippen LogP) is 3.42. The van der Waals surface area contributed by atoms with Crippen molar-refractivity contribution in [3.8, 4) is 22.9 Å². The Hall–Kier alpha value is -3.94. The first-order chi connectivity index (χ1) is 14.9. The molecule has 0 aliphatic heterocycles. The Bertz CT molecular complexity index is 1100. The summed E-state index contributed by atoms with van der Waals surface area (Å²) in [5.41, 5.74) is 2.70. The maximum atomic E-state index is 13.0. The molecule has 0 radical (unpaired) electrons. The quantitative estimate of drug-likeness (QED) is 0.573. The van der Waals surface area contributed by atoms with Crippen LogP contribution in [-0.4, -0.2) is 41.2 Å². The van der Waals surface area contributed by atoms with Gasteiger partial charge in [0, 0.05) is 6.20 Å². The number of aryl methyl sites for hydroxylation is 1. The number of amides is 1. The molecule has 1 unspecified atom stereocenters. The van der Waals surface area contributed by atoms with Crippen LogP contribution in [0, 0.1) is 6.92 Å². The number of carboxylic acids is 1. The number of nitrogens with zero attached hydrogens (tertiary/aromatic N) is 2. The Morgan fingerprint density at radius 2 is 1.84 bits per heavy atom. The van der Waals surface area contributed by atoms with Crippen LogP contribution in [0.4, 0.5) is 0 Å². The molecule has 0 aliphatic carbocycles. The molecule has 31 heavy (non-hydrogen) atoms. The Kier molecular flexibility index (Phi) is 6.81. The molecule has 3 rings (SSSR count). The molecule has 0 fully saturated rings. The first kappa shape index (κ1) is 21.8. The van der Waals surface area contributed by atoms with E-state index in [9.17, 15) is 14.7 Å². The smallest absolute Gasteiger partial charge is 0.305 e. The highest BCUT2D eigenvalue weighted by atomic mass is 16.5. The lowest BCUT2D eigenvalue weighted by atomic mass is 9.98. The summed E-state index contributed by atoms with van der Waals surface area (Å²) in [5.74, 6) is -0.725. The summed E-state index contributed by atoms with van der Waals surface area (Å²) < 4.78 is 10.7. The van der Waals surface area contributed by atoms with Crippen LogP contribution in [0.15, 0.2) is 54.7 Å². The second-order valence-electron chi connectivity index (χ2n) is 6.79. The third-order valence-electron chi connectivity index (χ3n) is 4.78. The predicted molar refractivity (Wildman–Crippen MR) is 114 cm³/mol. The molecule has 8 heteroatoms. The first-order valence-corrected chi connectivity index (χ1v) is 9.57. The third kappa shape index (κ3) is 4.98. The highest BCUT2D eigenvalue weighted by molar-refractivity contribution is 5.94. The number of carbonyl (C=O) groups excluding carboxylic acids is 1. The zero-order chi connectivity index (χ0) is 22.4. The molecule has 2 N–H and O–H groups in total. The van der Waals surface area contributed by atoms with Crippen molar-refractivity contribution in [2.45, 2.75) is 19.4 Å². The summed E-state index contributed by atoms with van der Waals surface area (Å²) in [6, 6.07) is 13.3. The van der Waals surface area contributed by atoms with Crippen molar-refractivity contribution in [1.29, 1.82) is 0 Å². The van der Waals surface area contributed by atoms with E-state index in [2.05, 4.69) is 15.3 Å². The van der Waals surface area contributed by atoms with Gasteiger partial charge in [-0.05, 0) is 42.3 Å². The fourth-order valence-corrected chi connectivity index (χ4v) is 3.29. The van der Waals surface area contributed by atoms with Gasteiger partial charge in [0.1, 0.15) is 17.1 Å². The number of pyridine rings is 2. The number of aliphatic carboxylic acids is 1. The van der Waals surface area contributed by atoms with Gasteiger partial charge in [-0.25, -0.2) is 9.97 Å². The van der Waals surface area contributed by atoms with Crippen molar-refractivity contribution in [1.82, 2.24) is 15.3 Å². The van der Waals surface area contributed by atoms with Gasteiger partial charge < -0.3 is 19.9 Å². The van der Waals surface area contributed by atoms with Crippen molar-refractivity contribution >= 4 is 11.9 Å². The molecule has 0 spiro atoms. The van der Waals surface area contributed by atoms with Crippen LogP contribution in [0.5, 0.6) is 11.6 Å². The van der Waals surface area contributed by atoms with Crippen molar-refractivity contribution in [2.75, 3.05) is 14.2 Å². The van der Waals surface area contributed by atoms with Crippen molar-refractivity contribution in [2.24, 2.45) is 0 Å². The standard InChI is InChI=1S/C23H23N3O5/c1-14-7-4-5-8-15(14)18(13-20(27)28)26-22(29)17-10-11-19(30-2)21(25-17)16-9-6-12-24-23(16)31-3/h4-12,18H,13H2,1-3H3,(H,26,29)(H,27,28). The van der Waals surface area contributed by atoms with Gasteiger partial charge in [-0.1, -0.05) is 24.3 Å². The van der Waals surface area contributed by atoms with Gasteiger partial charge in [-0.3, -0.25) is 9.59 Å². The van der Waals surface area contributed by atoms with Gasteiger partial charge in [0.25, 0.3) is 5.91 Å². The van der Waals surface area contributed by atoms with E-state index in [0.29, 0.717) is 22.9 Å². The summed E-state index contributed by atoms with van der Waals surface area (Å²) in [4.78, 5) is 33.0. The zero-order valence-corrected chi connectivity index (χ0v) is 17.5. The molecule has 0 aliphatic rings. The molecule has 3 aromatic rings. The van der Waals surface area contributed by atoms with Crippen LogP contribution >= 0.6 is 0 Å². The molecule has 8 nitrogen and oxygen atoms in total. The maximum absolute atomic E-state index is 13.0. The Labute approximate surface area is 179 Å². The van der Waals surface area contributed by atoms with Gasteiger partial charge in [-0.2, -0.15) is 0 Å². The lowest BCUT2D eigenvalue weighted by Gasteiger charge is -2.19. The van der Waals surface area contributed by atoms with Gasteiger partial charge in [0.2, 0.25) is 5.88 Å². The number of aromatic nitrogens is 2. The van der Waals surface area contributed by atoms with E-state index in [0.717, 1.165) is 11.1 Å². The van der Waals surface area contributed by atoms with E-state index in [1.807, 2.05) is 25.1 Å². The monoisotopic (exact) mass is 421 g/mol. The molecule has 0 saturated carbocycles. The van der Waals surface area contributed by atoms with E-state index < -0.39 is 17.9 Å². The fourth-order valence-electron chi connectivity index (χ4n) is 3.29. The summed E-state index contributed by atoms with van der Waals surface area (Å²) in [5, 5.41) is 12.1. The zero-order valence-electron chi connectivity index (χ0n) is 17.5. The molecule has 1 aromatic carbocycles. The van der Waals surface area contributed by atoms with Crippen molar-refractivity contribution in [3.63, 3.8) is 0 Å². The topological polar surface area (TPSA) is 111 Å². The summed E-state index contributed by atoms with van der Waals surface area (Å²) in [6.45, 7) is 1.87. The molecule has 2 heterocycles. The normalized spacial score (nSPS) is 11.5. The number of rotatable bonds is 8. The average Bonchev–Trinajstić information content (AvgIpc) is 2.78. The first-order valence-electron chi connectivity index (χ1n) is 9.57. The van der Waals surface area contributed by atoms with Crippen LogP contribution in [0.25, 0.3) is 11.3 Å². The average molecular weight is 421 g/mol. The van der Waals surface area contributed by atoms with E-state index in [1.165, 1.54) is 20.3 Å². The lowest BCUT2D eigenvalue weighted by molar-refractivity contribution is -0.137. The highest BCUT2D eigenvalue weighted by Gasteiger charge is 2.22. The van der Waals surface area contributed by atoms with Crippen LogP contribution in [0.3, 0.4) is 0 Å². The fraction of sp³-hybridized carbons (Fsp3) is 0.217. The number of carbonyl (C=O) groups is 2. The molecule has 1 amide bonds. The number of methoxy groups -OCH3 is 2. The number of benzene rings is 1. The molecule has 0 bridgehead atoms. The number of hydrogen-bond acceptors (Lipinski definition) is 6. The number of nitrogens with one attached hydrogen (secondary N) is 1. The van der Waals surface area contributed by atoms with E-state index in [4.69, 9.17) is 9.47 Å². The number of ether oxygens (including phenoxy) is 2. The second-order valence-corrected chi connectivity index (χ2v) is 6.79. The molecule has 2 aromatic heterocycles. The molecule has 1 atom stereocenters. The largest absolute Gasteiger partial charge is 0.494 e. The Balaban J connectivity index is 1.97. The SMILES string of the molecule is COc1ccc(C(=O)NC(CC(=O)O)c2ccccc2C)nc1-c1cccnc1OC. The van der Waals surface area contributed by atoms with Crippen molar-refractivity contribution < 1.29 is 24.2 Å². The second kappa shape index (κ2) is 9.71. The molecular formula is C23H23N3O5. The minimum Gasteiger partial charge on any atom is -0.494 e. The summed E-state index contributed by atoms with van der Waals surface area (Å²) >= 11 is 0. The van der Waals surface area contributed by atoms with Crippen LogP contribution in [-0.2, 0) is 4.79 Å². The maximum Gasteiger partial charge on any atom is 0.305 e. The molecule has 0 saturated heterocycles. The van der Waals surface area contributed by atoms with Crippen LogP contribution < -0.4 is 14.8 Å². The van der Waals surface area contributed by atoms with Crippen molar-refractivity contribution in [3.05, 3.63) is 71.5 Å². The van der Waals surface area contributed by atoms with Gasteiger partial charge in [0.05, 0.1) is 32.2 Å². The van der Waals surface area contributed by atoms with Gasteiger partial charge in [0.15, 0.2) is 0 Å². The highest BCUT2D eigenvalue weighted by Crippen LogP contribution is 2.33. The minimum absolute atomic E-state index is 0.116. The molecular weight excluding hydrogens is 398 g/mol. The Morgan fingerprint density at radius 3 is 2.52 bits per heavy atom. The van der Waals surface area contributed by atoms with E-state index in [1.54, 1.807) is 30.5 Å². The van der Waals surface area contributed by atoms with E-state index >= 15 is 0 Å². The van der Waals surface area contributed by atoms with Gasteiger partial charge >= 0.3 is 5.97 Å². The van der Waals surface area contributed by atoms with Gasteiger partial charge in [-0.15, -0.1) is 0 Å². The third-order valence-corrected chi connectivity index (χ3v) is 4.78. The van der Waals surface area contributed by atoms with E-state index in [-0.39, 0.29) is 12.1 Å². The lowest BCUT2D eigenvalue weighted by Crippen LogP contribution is -2.31. The summed E-state index contributed by atoms with van der Waals surface area (Å²) in [7, 11) is 3.00. The number of hydrogen-bond donors (Lipinski definition) is 2. The number of carboxylic acid groups (broad SMARTS) is 1.